The zero-order valence-electron chi connectivity index (χ0n) is 11.8. The molecule has 0 spiro atoms. The molecule has 0 fully saturated rings. The topological polar surface area (TPSA) is 42.2 Å². The van der Waals surface area contributed by atoms with Crippen LogP contribution < -0.4 is 5.32 Å². The molecule has 1 heterocycles. The van der Waals surface area contributed by atoms with Crippen molar-refractivity contribution in [2.75, 3.05) is 0 Å². The maximum atomic E-state index is 11.8. The molecule has 0 unspecified atom stereocenters. The van der Waals surface area contributed by atoms with E-state index in [4.69, 9.17) is 4.42 Å². The van der Waals surface area contributed by atoms with E-state index in [1.54, 1.807) is 12.3 Å². The molecule has 0 aliphatic carbocycles. The number of carbonyl (C=O) groups excluding carboxylic acids is 1. The molecule has 3 aromatic rings. The molecule has 0 atom stereocenters. The Balaban J connectivity index is 1.58. The van der Waals surface area contributed by atoms with Crippen LogP contribution in [-0.2, 0) is 11.3 Å². The standard InChI is InChI=1S/C18H14BrNO2/c19-16-6-2-13(3-7-16)4-8-18(21)20-12-14-1-5-15-9-10-22-17(15)11-14/h1-11H,12H2,(H,20,21)/b8-4+. The van der Waals surface area contributed by atoms with Crippen LogP contribution in [0.25, 0.3) is 17.0 Å². The zero-order valence-corrected chi connectivity index (χ0v) is 13.3. The highest BCUT2D eigenvalue weighted by Crippen LogP contribution is 2.16. The highest BCUT2D eigenvalue weighted by atomic mass is 79.9. The van der Waals surface area contributed by atoms with Gasteiger partial charge >= 0.3 is 0 Å². The smallest absolute Gasteiger partial charge is 0.244 e. The minimum atomic E-state index is -0.123. The average molecular weight is 356 g/mol. The lowest BCUT2D eigenvalue weighted by Crippen LogP contribution is -2.20. The Morgan fingerprint density at radius 1 is 1.14 bits per heavy atom. The van der Waals surface area contributed by atoms with Crippen LogP contribution in [0.3, 0.4) is 0 Å². The Bertz CT molecular complexity index is 818. The van der Waals surface area contributed by atoms with E-state index in [1.165, 1.54) is 6.08 Å². The number of nitrogens with one attached hydrogen (secondary N) is 1. The molecule has 110 valence electrons. The van der Waals surface area contributed by atoms with Crippen LogP contribution in [-0.4, -0.2) is 5.91 Å². The molecule has 1 N–H and O–H groups in total. The van der Waals surface area contributed by atoms with Crippen molar-refractivity contribution < 1.29 is 9.21 Å². The fraction of sp³-hybridized carbons (Fsp3) is 0.0556. The summed E-state index contributed by atoms with van der Waals surface area (Å²) in [5.41, 5.74) is 2.82. The predicted molar refractivity (Wildman–Crippen MR) is 91.2 cm³/mol. The highest BCUT2D eigenvalue weighted by Gasteiger charge is 2.01. The fourth-order valence-electron chi connectivity index (χ4n) is 2.10. The first kappa shape index (κ1) is 14.6. The Morgan fingerprint density at radius 3 is 2.77 bits per heavy atom. The zero-order chi connectivity index (χ0) is 15.4. The largest absolute Gasteiger partial charge is 0.464 e. The average Bonchev–Trinajstić information content (AvgIpc) is 3.00. The van der Waals surface area contributed by atoms with Crippen molar-refractivity contribution in [1.29, 1.82) is 0 Å². The monoisotopic (exact) mass is 355 g/mol. The lowest BCUT2D eigenvalue weighted by Gasteiger charge is -2.02. The van der Waals surface area contributed by atoms with E-state index in [9.17, 15) is 4.79 Å². The number of hydrogen-bond donors (Lipinski definition) is 1. The van der Waals surface area contributed by atoms with Crippen LogP contribution in [0.2, 0.25) is 0 Å². The fourth-order valence-corrected chi connectivity index (χ4v) is 2.37. The molecule has 0 radical (unpaired) electrons. The Labute approximate surface area is 136 Å². The van der Waals surface area contributed by atoms with E-state index in [0.29, 0.717) is 6.54 Å². The number of benzene rings is 2. The highest BCUT2D eigenvalue weighted by molar-refractivity contribution is 9.10. The van der Waals surface area contributed by atoms with Crippen molar-refractivity contribution in [3.63, 3.8) is 0 Å². The SMILES string of the molecule is O=C(/C=C/c1ccc(Br)cc1)NCc1ccc2ccoc2c1. The minimum absolute atomic E-state index is 0.123. The molecule has 1 aromatic heterocycles. The molecule has 2 aromatic carbocycles. The Kier molecular flexibility index (Phi) is 4.39. The molecule has 0 aliphatic heterocycles. The quantitative estimate of drug-likeness (QED) is 0.698. The van der Waals surface area contributed by atoms with Gasteiger partial charge in [0.1, 0.15) is 5.58 Å². The number of carbonyl (C=O) groups is 1. The van der Waals surface area contributed by atoms with Gasteiger partial charge in [0, 0.05) is 22.5 Å². The number of rotatable bonds is 4. The number of furan rings is 1. The third kappa shape index (κ3) is 3.65. The van der Waals surface area contributed by atoms with E-state index < -0.39 is 0 Å². The predicted octanol–water partition coefficient (Wildman–Crippen LogP) is 4.52. The number of halogens is 1. The van der Waals surface area contributed by atoms with Gasteiger partial charge < -0.3 is 9.73 Å². The molecule has 1 amide bonds. The third-order valence-electron chi connectivity index (χ3n) is 3.28. The lowest BCUT2D eigenvalue weighted by molar-refractivity contribution is -0.116. The van der Waals surface area contributed by atoms with E-state index in [1.807, 2.05) is 48.5 Å². The summed E-state index contributed by atoms with van der Waals surface area (Å²) in [4.78, 5) is 11.8. The summed E-state index contributed by atoms with van der Waals surface area (Å²) in [6.45, 7) is 0.472. The van der Waals surface area contributed by atoms with Gasteiger partial charge in [-0.3, -0.25) is 4.79 Å². The first-order chi connectivity index (χ1) is 10.7. The van der Waals surface area contributed by atoms with Gasteiger partial charge in [0.2, 0.25) is 5.91 Å². The minimum Gasteiger partial charge on any atom is -0.464 e. The number of hydrogen-bond acceptors (Lipinski definition) is 2. The summed E-state index contributed by atoms with van der Waals surface area (Å²) in [5.74, 6) is -0.123. The van der Waals surface area contributed by atoms with Gasteiger partial charge in [0.25, 0.3) is 0 Å². The molecule has 3 nitrogen and oxygen atoms in total. The van der Waals surface area contributed by atoms with Crippen LogP contribution in [0.15, 0.2) is 69.8 Å². The van der Waals surface area contributed by atoms with Gasteiger partial charge in [-0.15, -0.1) is 0 Å². The lowest BCUT2D eigenvalue weighted by atomic mass is 10.1. The second-order valence-corrected chi connectivity index (χ2v) is 5.81. The summed E-state index contributed by atoms with van der Waals surface area (Å²) in [6.07, 6.45) is 4.99. The molecule has 4 heteroatoms. The van der Waals surface area contributed by atoms with Gasteiger partial charge in [0.15, 0.2) is 0 Å². The van der Waals surface area contributed by atoms with Crippen molar-refractivity contribution >= 4 is 38.9 Å². The van der Waals surface area contributed by atoms with Crippen LogP contribution in [0, 0.1) is 0 Å². The van der Waals surface area contributed by atoms with E-state index in [2.05, 4.69) is 21.2 Å². The number of amides is 1. The summed E-state index contributed by atoms with van der Waals surface area (Å²) >= 11 is 3.38. The summed E-state index contributed by atoms with van der Waals surface area (Å²) in [7, 11) is 0. The van der Waals surface area contributed by atoms with Crippen molar-refractivity contribution in [2.24, 2.45) is 0 Å². The van der Waals surface area contributed by atoms with Gasteiger partial charge in [-0.25, -0.2) is 0 Å². The van der Waals surface area contributed by atoms with Crippen molar-refractivity contribution in [3.05, 3.63) is 76.5 Å². The van der Waals surface area contributed by atoms with E-state index in [-0.39, 0.29) is 5.91 Å². The molecular formula is C18H14BrNO2. The van der Waals surface area contributed by atoms with E-state index >= 15 is 0 Å². The van der Waals surface area contributed by atoms with E-state index in [0.717, 1.165) is 26.6 Å². The van der Waals surface area contributed by atoms with Crippen molar-refractivity contribution in [1.82, 2.24) is 5.32 Å². The van der Waals surface area contributed by atoms with Crippen molar-refractivity contribution in [3.8, 4) is 0 Å². The maximum Gasteiger partial charge on any atom is 0.244 e. The molecular weight excluding hydrogens is 342 g/mol. The Morgan fingerprint density at radius 2 is 1.95 bits per heavy atom. The summed E-state index contributed by atoms with van der Waals surface area (Å²) < 4.78 is 6.37. The second kappa shape index (κ2) is 6.62. The van der Waals surface area contributed by atoms with Gasteiger partial charge in [-0.2, -0.15) is 0 Å². The van der Waals surface area contributed by atoms with Crippen LogP contribution in [0.5, 0.6) is 0 Å². The number of fused-ring (bicyclic) bond motifs is 1. The van der Waals surface area contributed by atoms with Gasteiger partial charge in [-0.05, 0) is 41.5 Å². The molecule has 0 saturated carbocycles. The molecule has 0 saturated heterocycles. The second-order valence-electron chi connectivity index (χ2n) is 4.90. The summed E-state index contributed by atoms with van der Waals surface area (Å²) in [6, 6.07) is 15.6. The van der Waals surface area contributed by atoms with Crippen molar-refractivity contribution in [2.45, 2.75) is 6.54 Å². The first-order valence-corrected chi connectivity index (χ1v) is 7.68. The van der Waals surface area contributed by atoms with Gasteiger partial charge in [0.05, 0.1) is 6.26 Å². The summed E-state index contributed by atoms with van der Waals surface area (Å²) in [5, 5.41) is 3.92. The van der Waals surface area contributed by atoms with Gasteiger partial charge in [-0.1, -0.05) is 40.2 Å². The molecule has 22 heavy (non-hydrogen) atoms. The van der Waals surface area contributed by atoms with Crippen LogP contribution in [0.4, 0.5) is 0 Å². The molecule has 3 rings (SSSR count). The molecule has 0 bridgehead atoms. The molecule has 0 aliphatic rings. The Hall–Kier alpha value is -2.33. The van der Waals surface area contributed by atoms with Crippen LogP contribution in [0.1, 0.15) is 11.1 Å². The maximum absolute atomic E-state index is 11.8. The normalized spacial score (nSPS) is 11.1. The third-order valence-corrected chi connectivity index (χ3v) is 3.81. The van der Waals surface area contributed by atoms with Crippen LogP contribution >= 0.6 is 15.9 Å². The first-order valence-electron chi connectivity index (χ1n) is 6.88.